The molecule has 0 amide bonds. The van der Waals surface area contributed by atoms with Gasteiger partial charge in [-0.3, -0.25) is 0 Å². The Balaban J connectivity index is 2.07. The number of hydrogen-bond acceptors (Lipinski definition) is 5. The number of anilines is 2. The van der Waals surface area contributed by atoms with Crippen LogP contribution in [0.15, 0.2) is 42.5 Å². The van der Waals surface area contributed by atoms with Gasteiger partial charge in [-0.15, -0.1) is 0 Å². The number of benzene rings is 2. The summed E-state index contributed by atoms with van der Waals surface area (Å²) in [4.78, 5) is 8.12. The largest absolute Gasteiger partial charge is 0.382 e. The van der Waals surface area contributed by atoms with Gasteiger partial charge in [-0.1, -0.05) is 24.3 Å². The molecule has 4 aromatic rings. The molecule has 0 saturated carbocycles. The highest BCUT2D eigenvalue weighted by Gasteiger charge is 2.15. The van der Waals surface area contributed by atoms with E-state index in [-0.39, 0.29) is 17.3 Å². The number of fused-ring (bicyclic) bond motifs is 3. The topological polar surface area (TPSA) is 107 Å². The quantitative estimate of drug-likeness (QED) is 0.587. The number of aryl methyl sites for hydroxylation is 1. The van der Waals surface area contributed by atoms with E-state index >= 15 is 0 Å². The Bertz CT molecular complexity index is 1170. The maximum atomic E-state index is 9.42. The first-order valence-corrected chi connectivity index (χ1v) is 7.98. The van der Waals surface area contributed by atoms with Gasteiger partial charge in [0, 0.05) is 33.9 Å². The Morgan fingerprint density at radius 2 is 1.80 bits per heavy atom. The Morgan fingerprint density at radius 3 is 2.56 bits per heavy atom. The maximum Gasteiger partial charge on any atom is 0.222 e. The normalized spacial score (nSPS) is 11.0. The van der Waals surface area contributed by atoms with Crippen molar-refractivity contribution in [1.82, 2.24) is 14.5 Å². The molecule has 0 unspecified atom stereocenters. The highest BCUT2D eigenvalue weighted by atomic mass is 15.0. The lowest BCUT2D eigenvalue weighted by molar-refractivity contribution is 0.827. The molecule has 2 heterocycles. The predicted molar refractivity (Wildman–Crippen MR) is 99.7 cm³/mol. The third-order valence-electron chi connectivity index (χ3n) is 4.43. The van der Waals surface area contributed by atoms with Gasteiger partial charge in [0.05, 0.1) is 5.69 Å². The fourth-order valence-corrected chi connectivity index (χ4v) is 3.36. The average Bonchev–Trinajstić information content (AvgIpc) is 2.94. The van der Waals surface area contributed by atoms with Crippen molar-refractivity contribution in [2.24, 2.45) is 0 Å². The standard InChI is InChI=1S/C19H16N6/c1-2-25-15-6-4-3-5-12(15)13-9-11(7-8-16(13)25)17-14(10-20)18(21)24-19(22)23-17/h3-9H,2H2,1H3,(H4,21,22,23,24). The molecule has 0 aliphatic rings. The van der Waals surface area contributed by atoms with Crippen LogP contribution in [0, 0.1) is 11.3 Å². The van der Waals surface area contributed by atoms with Gasteiger partial charge in [0.2, 0.25) is 5.95 Å². The molecule has 4 rings (SSSR count). The van der Waals surface area contributed by atoms with Gasteiger partial charge in [-0.2, -0.15) is 10.2 Å². The van der Waals surface area contributed by atoms with E-state index in [1.165, 1.54) is 5.52 Å². The molecule has 6 nitrogen and oxygen atoms in total. The Morgan fingerprint density at radius 1 is 1.04 bits per heavy atom. The zero-order valence-corrected chi connectivity index (χ0v) is 13.7. The molecule has 2 aromatic heterocycles. The number of hydrogen-bond donors (Lipinski definition) is 2. The monoisotopic (exact) mass is 328 g/mol. The molecule has 0 atom stereocenters. The van der Waals surface area contributed by atoms with E-state index in [4.69, 9.17) is 11.5 Å². The van der Waals surface area contributed by atoms with Gasteiger partial charge < -0.3 is 16.0 Å². The minimum atomic E-state index is 0.0579. The van der Waals surface area contributed by atoms with Gasteiger partial charge in [0.15, 0.2) is 0 Å². The minimum Gasteiger partial charge on any atom is -0.382 e. The van der Waals surface area contributed by atoms with Crippen LogP contribution in [0.2, 0.25) is 0 Å². The van der Waals surface area contributed by atoms with Crippen molar-refractivity contribution in [1.29, 1.82) is 5.26 Å². The molecular weight excluding hydrogens is 312 g/mol. The lowest BCUT2D eigenvalue weighted by Crippen LogP contribution is -2.04. The van der Waals surface area contributed by atoms with E-state index < -0.39 is 0 Å². The zero-order chi connectivity index (χ0) is 17.6. The average molecular weight is 328 g/mol. The molecule has 0 fully saturated rings. The second-order valence-corrected chi connectivity index (χ2v) is 5.80. The van der Waals surface area contributed by atoms with Crippen LogP contribution in [-0.4, -0.2) is 14.5 Å². The van der Waals surface area contributed by atoms with Crippen molar-refractivity contribution in [3.63, 3.8) is 0 Å². The van der Waals surface area contributed by atoms with Gasteiger partial charge in [-0.05, 0) is 25.1 Å². The summed E-state index contributed by atoms with van der Waals surface area (Å²) in [6, 6.07) is 16.4. The number of para-hydroxylation sites is 1. The summed E-state index contributed by atoms with van der Waals surface area (Å²) in [5, 5.41) is 11.7. The molecular formula is C19H16N6. The fraction of sp³-hybridized carbons (Fsp3) is 0.105. The van der Waals surface area contributed by atoms with Crippen LogP contribution in [-0.2, 0) is 6.54 Å². The minimum absolute atomic E-state index is 0.0579. The molecule has 4 N–H and O–H groups in total. The van der Waals surface area contributed by atoms with Crippen LogP contribution in [0.3, 0.4) is 0 Å². The summed E-state index contributed by atoms with van der Waals surface area (Å²) < 4.78 is 2.27. The predicted octanol–water partition coefficient (Wildman–Crippen LogP) is 3.31. The summed E-state index contributed by atoms with van der Waals surface area (Å²) >= 11 is 0. The van der Waals surface area contributed by atoms with Gasteiger partial charge in [0.1, 0.15) is 17.5 Å². The van der Waals surface area contributed by atoms with E-state index in [1.54, 1.807) is 0 Å². The van der Waals surface area contributed by atoms with Gasteiger partial charge in [0.25, 0.3) is 0 Å². The van der Waals surface area contributed by atoms with Gasteiger partial charge >= 0.3 is 0 Å². The second-order valence-electron chi connectivity index (χ2n) is 5.80. The SMILES string of the molecule is CCn1c2ccccc2c2cc(-c3nc(N)nc(N)c3C#N)ccc21. The molecule has 0 saturated heterocycles. The highest BCUT2D eigenvalue weighted by molar-refractivity contribution is 6.09. The number of aromatic nitrogens is 3. The van der Waals surface area contributed by atoms with Crippen molar-refractivity contribution in [2.45, 2.75) is 13.5 Å². The highest BCUT2D eigenvalue weighted by Crippen LogP contribution is 2.33. The van der Waals surface area contributed by atoms with Crippen LogP contribution in [0.5, 0.6) is 0 Å². The number of nitrogens with two attached hydrogens (primary N) is 2. The van der Waals surface area contributed by atoms with E-state index in [0.717, 1.165) is 28.4 Å². The second kappa shape index (κ2) is 5.49. The fourth-order valence-electron chi connectivity index (χ4n) is 3.36. The van der Waals surface area contributed by atoms with E-state index in [9.17, 15) is 5.26 Å². The van der Waals surface area contributed by atoms with Crippen molar-refractivity contribution < 1.29 is 0 Å². The van der Waals surface area contributed by atoms with E-state index in [1.807, 2.05) is 30.3 Å². The maximum absolute atomic E-state index is 9.42. The molecule has 122 valence electrons. The molecule has 25 heavy (non-hydrogen) atoms. The molecule has 0 radical (unpaired) electrons. The van der Waals surface area contributed by atoms with Crippen LogP contribution in [0.1, 0.15) is 12.5 Å². The first-order valence-electron chi connectivity index (χ1n) is 7.98. The first kappa shape index (κ1) is 15.0. The third kappa shape index (κ3) is 2.17. The Hall–Kier alpha value is -3.59. The lowest BCUT2D eigenvalue weighted by atomic mass is 10.0. The molecule has 2 aromatic carbocycles. The van der Waals surface area contributed by atoms with Gasteiger partial charge in [-0.25, -0.2) is 4.98 Å². The lowest BCUT2D eigenvalue weighted by Gasteiger charge is -2.08. The van der Waals surface area contributed by atoms with Crippen molar-refractivity contribution in [3.8, 4) is 17.3 Å². The van der Waals surface area contributed by atoms with Crippen molar-refractivity contribution in [3.05, 3.63) is 48.0 Å². The van der Waals surface area contributed by atoms with E-state index in [0.29, 0.717) is 5.69 Å². The Labute approximate surface area is 144 Å². The number of rotatable bonds is 2. The Kier molecular flexibility index (Phi) is 3.29. The third-order valence-corrected chi connectivity index (χ3v) is 4.43. The first-order chi connectivity index (χ1) is 12.1. The summed E-state index contributed by atoms with van der Waals surface area (Å²) in [7, 11) is 0. The van der Waals surface area contributed by atoms with Crippen molar-refractivity contribution in [2.75, 3.05) is 11.5 Å². The molecule has 0 aliphatic carbocycles. The summed E-state index contributed by atoms with van der Waals surface area (Å²) in [6.45, 7) is 3.00. The molecule has 6 heteroatoms. The summed E-state index contributed by atoms with van der Waals surface area (Å²) in [5.41, 5.74) is 15.4. The number of nitriles is 1. The van der Waals surface area contributed by atoms with Crippen molar-refractivity contribution >= 4 is 33.6 Å². The number of nitrogens with zero attached hydrogens (tertiary/aromatic N) is 4. The van der Waals surface area contributed by atoms with Crippen LogP contribution >= 0.6 is 0 Å². The molecule has 0 spiro atoms. The van der Waals surface area contributed by atoms with Crippen LogP contribution < -0.4 is 11.5 Å². The summed E-state index contributed by atoms with van der Waals surface area (Å²) in [6.07, 6.45) is 0. The van der Waals surface area contributed by atoms with Crippen LogP contribution in [0.4, 0.5) is 11.8 Å². The molecule has 0 bridgehead atoms. The molecule has 0 aliphatic heterocycles. The van der Waals surface area contributed by atoms with Crippen LogP contribution in [0.25, 0.3) is 33.1 Å². The summed E-state index contributed by atoms with van der Waals surface area (Å²) in [5.74, 6) is 0.156. The smallest absolute Gasteiger partial charge is 0.222 e. The number of nitrogen functional groups attached to an aromatic ring is 2. The van der Waals surface area contributed by atoms with E-state index in [2.05, 4.69) is 39.7 Å². The zero-order valence-electron chi connectivity index (χ0n) is 13.7.